The first-order valence-electron chi connectivity index (χ1n) is 9.92. The molecule has 0 aliphatic carbocycles. The van der Waals surface area contributed by atoms with E-state index in [0.717, 1.165) is 34.6 Å². The van der Waals surface area contributed by atoms with Crippen molar-refractivity contribution in [2.24, 2.45) is 0 Å². The number of rotatable bonds is 5. The molecule has 158 valence electrons. The maximum absolute atomic E-state index is 13.1. The first kappa shape index (κ1) is 20.6. The molecule has 30 heavy (non-hydrogen) atoms. The van der Waals surface area contributed by atoms with Crippen molar-refractivity contribution in [3.05, 3.63) is 55.0 Å². The number of H-pyrrole nitrogens is 1. The zero-order valence-corrected chi connectivity index (χ0v) is 18.1. The summed E-state index contributed by atoms with van der Waals surface area (Å²) in [6.45, 7) is 4.78. The largest absolute Gasteiger partial charge is 0.368 e. The molecule has 0 radical (unpaired) electrons. The fraction of sp³-hybridized carbons (Fsp3) is 0.400. The summed E-state index contributed by atoms with van der Waals surface area (Å²) in [5.41, 5.74) is 0.520. The average molecular weight is 448 g/mol. The molecule has 0 atom stereocenters. The number of anilines is 1. The van der Waals surface area contributed by atoms with Gasteiger partial charge in [0.05, 0.1) is 5.52 Å². The summed E-state index contributed by atoms with van der Waals surface area (Å²) in [6, 6.07) is 7.62. The third-order valence-corrected chi connectivity index (χ3v) is 6.39. The van der Waals surface area contributed by atoms with Crippen molar-refractivity contribution in [2.45, 2.75) is 26.3 Å². The first-order chi connectivity index (χ1) is 14.5. The molecule has 0 saturated carbocycles. The smallest absolute Gasteiger partial charge is 0.328 e. The number of aromatic amines is 1. The van der Waals surface area contributed by atoms with Crippen LogP contribution in [0.4, 0.5) is 5.69 Å². The molecule has 1 aromatic carbocycles. The zero-order chi connectivity index (χ0) is 21.3. The van der Waals surface area contributed by atoms with Crippen LogP contribution in [0.15, 0.2) is 33.9 Å². The second-order valence-corrected chi connectivity index (χ2v) is 8.44. The molecule has 1 aliphatic heterocycles. The number of amides is 1. The van der Waals surface area contributed by atoms with Crippen molar-refractivity contribution in [1.82, 2.24) is 18.8 Å². The highest BCUT2D eigenvalue weighted by molar-refractivity contribution is 7.09. The molecule has 0 bridgehead atoms. The van der Waals surface area contributed by atoms with Gasteiger partial charge in [0.2, 0.25) is 0 Å². The molecule has 10 heteroatoms. The van der Waals surface area contributed by atoms with E-state index in [2.05, 4.69) is 14.3 Å². The number of piperazine rings is 1. The zero-order valence-electron chi connectivity index (χ0n) is 16.6. The van der Waals surface area contributed by atoms with Gasteiger partial charge in [0, 0.05) is 43.4 Å². The maximum atomic E-state index is 13.1. The van der Waals surface area contributed by atoms with Gasteiger partial charge in [-0.1, -0.05) is 24.9 Å². The number of hydrogen-bond donors (Lipinski definition) is 1. The Balaban J connectivity index is 1.53. The van der Waals surface area contributed by atoms with Crippen LogP contribution >= 0.6 is 23.1 Å². The van der Waals surface area contributed by atoms with E-state index in [0.29, 0.717) is 42.6 Å². The summed E-state index contributed by atoms with van der Waals surface area (Å²) in [7, 11) is 0. The van der Waals surface area contributed by atoms with E-state index in [9.17, 15) is 14.4 Å². The topological polar surface area (TPSA) is 91.3 Å². The molecule has 0 unspecified atom stereocenters. The normalized spacial score (nSPS) is 14.5. The van der Waals surface area contributed by atoms with Gasteiger partial charge in [-0.15, -0.1) is 0 Å². The third kappa shape index (κ3) is 3.87. The van der Waals surface area contributed by atoms with Crippen LogP contribution in [0.5, 0.6) is 0 Å². The predicted molar refractivity (Wildman–Crippen MR) is 119 cm³/mol. The second-order valence-electron chi connectivity index (χ2n) is 7.23. The second kappa shape index (κ2) is 8.61. The maximum Gasteiger partial charge on any atom is 0.328 e. The summed E-state index contributed by atoms with van der Waals surface area (Å²) in [4.78, 5) is 45.0. The molecule has 3 aromatic rings. The summed E-state index contributed by atoms with van der Waals surface area (Å²) in [5.74, 6) is -0.209. The third-order valence-electron chi connectivity index (χ3n) is 5.31. The van der Waals surface area contributed by atoms with E-state index in [1.165, 1.54) is 0 Å². The number of fused-ring (bicyclic) bond motifs is 1. The number of nitrogens with one attached hydrogen (secondary N) is 1. The Bertz CT molecular complexity index is 1180. The summed E-state index contributed by atoms with van der Waals surface area (Å²) >= 11 is 6.92. The number of benzene rings is 1. The monoisotopic (exact) mass is 447 g/mol. The van der Waals surface area contributed by atoms with Crippen molar-refractivity contribution >= 4 is 45.8 Å². The van der Waals surface area contributed by atoms with Gasteiger partial charge < -0.3 is 14.8 Å². The Kier molecular flexibility index (Phi) is 5.92. The minimum absolute atomic E-state index is 0.152. The van der Waals surface area contributed by atoms with Gasteiger partial charge in [-0.3, -0.25) is 14.2 Å². The predicted octanol–water partition coefficient (Wildman–Crippen LogP) is 2.56. The van der Waals surface area contributed by atoms with Gasteiger partial charge in [-0.05, 0) is 42.2 Å². The van der Waals surface area contributed by atoms with Crippen molar-refractivity contribution in [2.75, 3.05) is 31.1 Å². The quantitative estimate of drug-likeness (QED) is 0.649. The number of aromatic nitrogens is 3. The van der Waals surface area contributed by atoms with Crippen LogP contribution in [0.3, 0.4) is 0 Å². The molecule has 4 rings (SSSR count). The molecule has 2 aromatic heterocycles. The van der Waals surface area contributed by atoms with Crippen LogP contribution in [0.2, 0.25) is 5.02 Å². The summed E-state index contributed by atoms with van der Waals surface area (Å²) in [6.07, 6.45) is 1.59. The van der Waals surface area contributed by atoms with E-state index in [4.69, 9.17) is 11.6 Å². The van der Waals surface area contributed by atoms with Crippen LogP contribution in [0.25, 0.3) is 11.0 Å². The van der Waals surface area contributed by atoms with E-state index >= 15 is 0 Å². The molecule has 1 N–H and O–H groups in total. The van der Waals surface area contributed by atoms with Gasteiger partial charge in [0.25, 0.3) is 11.5 Å². The molecule has 8 nitrogen and oxygen atoms in total. The van der Waals surface area contributed by atoms with Crippen LogP contribution < -0.4 is 16.1 Å². The summed E-state index contributed by atoms with van der Waals surface area (Å²) in [5, 5.41) is 0.687. The number of carbonyl (C=O) groups excluding carboxylic acids is 1. The molecule has 3 heterocycles. The van der Waals surface area contributed by atoms with Gasteiger partial charge in [-0.2, -0.15) is 4.37 Å². The van der Waals surface area contributed by atoms with Gasteiger partial charge in [-0.25, -0.2) is 4.79 Å². The molecular formula is C20H22ClN5O3S. The van der Waals surface area contributed by atoms with Crippen molar-refractivity contribution < 1.29 is 4.79 Å². The lowest BCUT2D eigenvalue weighted by Crippen LogP contribution is -2.48. The highest BCUT2D eigenvalue weighted by Gasteiger charge is 2.27. The van der Waals surface area contributed by atoms with Crippen molar-refractivity contribution in [3.63, 3.8) is 0 Å². The Morgan fingerprint density at radius 3 is 2.53 bits per heavy atom. The lowest BCUT2D eigenvalue weighted by Gasteiger charge is -2.35. The Morgan fingerprint density at radius 2 is 1.87 bits per heavy atom. The van der Waals surface area contributed by atoms with Crippen LogP contribution in [0, 0.1) is 0 Å². The van der Waals surface area contributed by atoms with Crippen molar-refractivity contribution in [3.8, 4) is 0 Å². The Labute approximate surface area is 181 Å². The number of nitrogens with zero attached hydrogens (tertiary/aromatic N) is 4. The Hall–Kier alpha value is -2.65. The SMILES string of the molecule is CCCCn1c(=O)[nH]c2c(C(=O)N3CCN(c4ccc(Cl)cc4)CC3)snc2c1=O. The number of halogens is 1. The first-order valence-corrected chi connectivity index (χ1v) is 11.1. The van der Waals surface area contributed by atoms with Crippen LogP contribution in [-0.2, 0) is 6.54 Å². The molecule has 1 saturated heterocycles. The standard InChI is InChI=1S/C20H22ClN5O3S/c1-2-3-8-26-18(27)16-15(22-20(26)29)17(30-23-16)19(28)25-11-9-24(10-12-25)14-6-4-13(21)5-7-14/h4-7H,2-3,8-12H2,1H3,(H,22,29). The highest BCUT2D eigenvalue weighted by atomic mass is 35.5. The summed E-state index contributed by atoms with van der Waals surface area (Å²) < 4.78 is 5.34. The van der Waals surface area contributed by atoms with Crippen molar-refractivity contribution in [1.29, 1.82) is 0 Å². The Morgan fingerprint density at radius 1 is 1.17 bits per heavy atom. The minimum Gasteiger partial charge on any atom is -0.368 e. The highest BCUT2D eigenvalue weighted by Crippen LogP contribution is 2.22. The van der Waals surface area contributed by atoms with E-state index < -0.39 is 11.2 Å². The lowest BCUT2D eigenvalue weighted by atomic mass is 10.2. The number of carbonyl (C=O) groups is 1. The minimum atomic E-state index is -0.497. The molecule has 1 aliphatic rings. The number of hydrogen-bond acceptors (Lipinski definition) is 6. The van der Waals surface area contributed by atoms with E-state index in [1.54, 1.807) is 4.90 Å². The molecular weight excluding hydrogens is 426 g/mol. The van der Waals surface area contributed by atoms with Gasteiger partial charge in [0.1, 0.15) is 4.88 Å². The van der Waals surface area contributed by atoms with Crippen LogP contribution in [0.1, 0.15) is 29.4 Å². The molecule has 1 amide bonds. The van der Waals surface area contributed by atoms with E-state index in [-0.39, 0.29) is 16.9 Å². The van der Waals surface area contributed by atoms with E-state index in [1.807, 2.05) is 31.2 Å². The van der Waals surface area contributed by atoms with Gasteiger partial charge in [0.15, 0.2) is 5.52 Å². The fourth-order valence-corrected chi connectivity index (χ4v) is 4.50. The fourth-order valence-electron chi connectivity index (χ4n) is 3.58. The number of unbranched alkanes of at least 4 members (excludes halogenated alkanes) is 1. The molecule has 0 spiro atoms. The average Bonchev–Trinajstić information content (AvgIpc) is 3.18. The molecule has 1 fully saturated rings. The van der Waals surface area contributed by atoms with Gasteiger partial charge >= 0.3 is 5.69 Å². The lowest BCUT2D eigenvalue weighted by molar-refractivity contribution is 0.0753. The van der Waals surface area contributed by atoms with Crippen LogP contribution in [-0.4, -0.2) is 50.9 Å².